The number of aliphatic hydroxyl groups excluding tert-OH is 1. The normalized spacial score (nSPS) is 28.0. The average Bonchev–Trinajstić information content (AvgIpc) is 2.95. The van der Waals surface area contributed by atoms with Gasteiger partial charge in [0.15, 0.2) is 0 Å². The summed E-state index contributed by atoms with van der Waals surface area (Å²) in [7, 11) is 0. The van der Waals surface area contributed by atoms with Gasteiger partial charge in [0.1, 0.15) is 0 Å². The molecule has 0 aromatic rings. The Kier molecular flexibility index (Phi) is 3.82. The summed E-state index contributed by atoms with van der Waals surface area (Å²) in [5.74, 6) is 0.170. The molecule has 0 aromatic heterocycles. The van der Waals surface area contributed by atoms with Crippen molar-refractivity contribution in [3.05, 3.63) is 0 Å². The molecule has 2 atom stereocenters. The molecular formula is C12H22N2O2. The highest BCUT2D eigenvalue weighted by molar-refractivity contribution is 5.82. The molecule has 1 saturated heterocycles. The van der Waals surface area contributed by atoms with Gasteiger partial charge in [0.25, 0.3) is 0 Å². The summed E-state index contributed by atoms with van der Waals surface area (Å²) in [6.07, 6.45) is 4.74. The van der Waals surface area contributed by atoms with E-state index in [9.17, 15) is 9.90 Å². The largest absolute Gasteiger partial charge is 0.392 e. The lowest BCUT2D eigenvalue weighted by Crippen LogP contribution is -2.46. The average molecular weight is 226 g/mol. The summed E-state index contributed by atoms with van der Waals surface area (Å²) in [5, 5.41) is 12.7. The van der Waals surface area contributed by atoms with Crippen molar-refractivity contribution >= 4 is 5.91 Å². The minimum Gasteiger partial charge on any atom is -0.392 e. The van der Waals surface area contributed by atoms with E-state index in [0.29, 0.717) is 12.6 Å². The van der Waals surface area contributed by atoms with Crippen molar-refractivity contribution in [3.63, 3.8) is 0 Å². The second-order valence-electron chi connectivity index (χ2n) is 5.00. The van der Waals surface area contributed by atoms with Crippen LogP contribution in [0.4, 0.5) is 0 Å². The van der Waals surface area contributed by atoms with E-state index in [2.05, 4.69) is 10.2 Å². The van der Waals surface area contributed by atoms with Gasteiger partial charge in [-0.3, -0.25) is 9.69 Å². The number of β-amino-alcohol motifs (C(OH)–C–C–N with tert-alkyl or cyclic N) is 1. The van der Waals surface area contributed by atoms with Crippen molar-refractivity contribution in [2.75, 3.05) is 13.1 Å². The third-order valence-corrected chi connectivity index (χ3v) is 3.51. The molecule has 0 aromatic carbocycles. The number of rotatable bonds is 5. The quantitative estimate of drug-likeness (QED) is 0.718. The number of nitrogens with zero attached hydrogens (tertiary/aromatic N) is 1. The van der Waals surface area contributed by atoms with Crippen LogP contribution in [0.2, 0.25) is 0 Å². The Bertz CT molecular complexity index is 253. The Morgan fingerprint density at radius 2 is 2.25 bits per heavy atom. The van der Waals surface area contributed by atoms with Gasteiger partial charge in [-0.15, -0.1) is 0 Å². The lowest BCUT2D eigenvalue weighted by atomic mass is 10.2. The number of nitrogens with one attached hydrogen (secondary N) is 1. The van der Waals surface area contributed by atoms with Gasteiger partial charge in [-0.05, 0) is 38.6 Å². The lowest BCUT2D eigenvalue weighted by molar-refractivity contribution is -0.126. The first-order chi connectivity index (χ1) is 7.70. The number of aliphatic hydroxyl groups is 1. The first-order valence-electron chi connectivity index (χ1n) is 6.43. The van der Waals surface area contributed by atoms with Crippen LogP contribution in [-0.4, -0.2) is 47.2 Å². The molecule has 0 radical (unpaired) electrons. The van der Waals surface area contributed by atoms with Crippen LogP contribution in [0.15, 0.2) is 0 Å². The third kappa shape index (κ3) is 2.95. The molecular weight excluding hydrogens is 204 g/mol. The fourth-order valence-electron chi connectivity index (χ4n) is 2.27. The molecule has 4 nitrogen and oxygen atoms in total. The van der Waals surface area contributed by atoms with Gasteiger partial charge in [0.2, 0.25) is 5.91 Å². The summed E-state index contributed by atoms with van der Waals surface area (Å²) in [6.45, 7) is 3.55. The number of hydrogen-bond acceptors (Lipinski definition) is 3. The van der Waals surface area contributed by atoms with E-state index >= 15 is 0 Å². The van der Waals surface area contributed by atoms with Crippen LogP contribution in [0, 0.1) is 0 Å². The molecule has 0 bridgehead atoms. The molecule has 2 unspecified atom stereocenters. The topological polar surface area (TPSA) is 52.6 Å². The van der Waals surface area contributed by atoms with Crippen LogP contribution in [0.25, 0.3) is 0 Å². The molecule has 1 aliphatic heterocycles. The molecule has 1 amide bonds. The maximum Gasteiger partial charge on any atom is 0.237 e. The van der Waals surface area contributed by atoms with Crippen molar-refractivity contribution in [2.45, 2.75) is 57.2 Å². The second kappa shape index (κ2) is 5.15. The predicted octanol–water partition coefficient (Wildman–Crippen LogP) is 0.500. The predicted molar refractivity (Wildman–Crippen MR) is 62.1 cm³/mol. The summed E-state index contributed by atoms with van der Waals surface area (Å²) in [5.41, 5.74) is 0. The number of carbonyl (C=O) groups excluding carboxylic acids is 1. The fourth-order valence-corrected chi connectivity index (χ4v) is 2.27. The van der Waals surface area contributed by atoms with Crippen LogP contribution in [-0.2, 0) is 4.79 Å². The number of hydrogen-bond donors (Lipinski definition) is 2. The molecule has 16 heavy (non-hydrogen) atoms. The minimum absolute atomic E-state index is 0.00167. The Hall–Kier alpha value is -0.610. The molecule has 1 heterocycles. The highest BCUT2D eigenvalue weighted by Gasteiger charge is 2.34. The van der Waals surface area contributed by atoms with Crippen LogP contribution < -0.4 is 5.32 Å². The van der Waals surface area contributed by atoms with Gasteiger partial charge in [0.05, 0.1) is 12.1 Å². The van der Waals surface area contributed by atoms with E-state index in [1.807, 2.05) is 6.92 Å². The van der Waals surface area contributed by atoms with E-state index in [0.717, 1.165) is 38.6 Å². The molecule has 1 aliphatic carbocycles. The number of carbonyl (C=O) groups is 1. The fraction of sp³-hybridized carbons (Fsp3) is 0.917. The van der Waals surface area contributed by atoms with E-state index in [-0.39, 0.29) is 18.1 Å². The van der Waals surface area contributed by atoms with Crippen molar-refractivity contribution in [1.82, 2.24) is 10.2 Å². The minimum atomic E-state index is -0.297. The molecule has 0 spiro atoms. The Balaban J connectivity index is 1.83. The van der Waals surface area contributed by atoms with Crippen LogP contribution in [0.5, 0.6) is 0 Å². The van der Waals surface area contributed by atoms with Gasteiger partial charge in [-0.1, -0.05) is 6.92 Å². The van der Waals surface area contributed by atoms with Gasteiger partial charge in [-0.25, -0.2) is 0 Å². The first-order valence-corrected chi connectivity index (χ1v) is 6.43. The Labute approximate surface area is 97.0 Å². The molecule has 2 aliphatic rings. The molecule has 2 N–H and O–H groups in total. The van der Waals surface area contributed by atoms with Crippen LogP contribution in [0.3, 0.4) is 0 Å². The third-order valence-electron chi connectivity index (χ3n) is 3.51. The second-order valence-corrected chi connectivity index (χ2v) is 5.00. The molecule has 1 saturated carbocycles. The Morgan fingerprint density at radius 1 is 1.50 bits per heavy atom. The van der Waals surface area contributed by atoms with Gasteiger partial charge in [0, 0.05) is 12.6 Å². The van der Waals surface area contributed by atoms with E-state index < -0.39 is 0 Å². The van der Waals surface area contributed by atoms with Gasteiger partial charge < -0.3 is 10.4 Å². The number of likely N-dealkylation sites (tertiary alicyclic amines) is 1. The first kappa shape index (κ1) is 11.9. The van der Waals surface area contributed by atoms with Crippen molar-refractivity contribution in [3.8, 4) is 0 Å². The van der Waals surface area contributed by atoms with Gasteiger partial charge >= 0.3 is 0 Å². The highest BCUT2D eigenvalue weighted by atomic mass is 16.3. The maximum atomic E-state index is 11.9. The lowest BCUT2D eigenvalue weighted by Gasteiger charge is -2.25. The maximum absolute atomic E-state index is 11.9. The summed E-state index contributed by atoms with van der Waals surface area (Å²) < 4.78 is 0. The zero-order chi connectivity index (χ0) is 11.5. The monoisotopic (exact) mass is 226 g/mol. The zero-order valence-electron chi connectivity index (χ0n) is 9.98. The summed E-state index contributed by atoms with van der Waals surface area (Å²) in [4.78, 5) is 14.1. The molecule has 92 valence electrons. The van der Waals surface area contributed by atoms with Crippen molar-refractivity contribution in [2.24, 2.45) is 0 Å². The zero-order valence-corrected chi connectivity index (χ0v) is 9.98. The summed E-state index contributed by atoms with van der Waals surface area (Å²) in [6, 6.07) is 0.438. The number of amides is 1. The van der Waals surface area contributed by atoms with Gasteiger partial charge in [-0.2, -0.15) is 0 Å². The van der Waals surface area contributed by atoms with Crippen molar-refractivity contribution < 1.29 is 9.90 Å². The SMILES string of the molecule is CCC(O)CN1CCCC1C(=O)NC1CC1. The van der Waals surface area contributed by atoms with Crippen molar-refractivity contribution in [1.29, 1.82) is 0 Å². The van der Waals surface area contributed by atoms with E-state index in [1.54, 1.807) is 0 Å². The highest BCUT2D eigenvalue weighted by Crippen LogP contribution is 2.22. The standard InChI is InChI=1S/C12H22N2O2/c1-2-10(15)8-14-7-3-4-11(14)12(16)13-9-5-6-9/h9-11,15H,2-8H2,1H3,(H,13,16). The summed E-state index contributed by atoms with van der Waals surface area (Å²) >= 11 is 0. The smallest absolute Gasteiger partial charge is 0.237 e. The molecule has 4 heteroatoms. The van der Waals surface area contributed by atoms with Crippen LogP contribution in [0.1, 0.15) is 39.0 Å². The molecule has 2 rings (SSSR count). The van der Waals surface area contributed by atoms with E-state index in [1.165, 1.54) is 0 Å². The van der Waals surface area contributed by atoms with Crippen LogP contribution >= 0.6 is 0 Å². The molecule has 2 fully saturated rings. The van der Waals surface area contributed by atoms with E-state index in [4.69, 9.17) is 0 Å². The Morgan fingerprint density at radius 3 is 2.88 bits per heavy atom.